The SMILES string of the molecule is CC(C)Cc1cc(N)nc(C2(c3ccccc3)CCC2)n1. The molecular weight excluding hydrogens is 258 g/mol. The fourth-order valence-corrected chi connectivity index (χ4v) is 3.18. The highest BCUT2D eigenvalue weighted by atomic mass is 15.0. The Morgan fingerprint density at radius 3 is 2.43 bits per heavy atom. The minimum absolute atomic E-state index is 0.0254. The first-order valence-electron chi connectivity index (χ1n) is 7.79. The van der Waals surface area contributed by atoms with Crippen LogP contribution in [-0.4, -0.2) is 9.97 Å². The van der Waals surface area contributed by atoms with Gasteiger partial charge >= 0.3 is 0 Å². The third-order valence-corrected chi connectivity index (χ3v) is 4.38. The lowest BCUT2D eigenvalue weighted by Crippen LogP contribution is -2.37. The molecule has 0 bridgehead atoms. The van der Waals surface area contributed by atoms with Crippen molar-refractivity contribution in [1.29, 1.82) is 0 Å². The summed E-state index contributed by atoms with van der Waals surface area (Å²) in [7, 11) is 0. The molecule has 0 unspecified atom stereocenters. The van der Waals surface area contributed by atoms with E-state index < -0.39 is 0 Å². The molecule has 1 fully saturated rings. The second kappa shape index (κ2) is 5.47. The number of anilines is 1. The molecule has 3 heteroatoms. The summed E-state index contributed by atoms with van der Waals surface area (Å²) in [6.07, 6.45) is 4.40. The summed E-state index contributed by atoms with van der Waals surface area (Å²) >= 11 is 0. The van der Waals surface area contributed by atoms with E-state index in [-0.39, 0.29) is 5.41 Å². The molecular formula is C18H23N3. The van der Waals surface area contributed by atoms with E-state index in [1.807, 2.05) is 6.07 Å². The van der Waals surface area contributed by atoms with E-state index >= 15 is 0 Å². The van der Waals surface area contributed by atoms with Crippen LogP contribution in [0.1, 0.15) is 50.2 Å². The Morgan fingerprint density at radius 1 is 1.14 bits per heavy atom. The van der Waals surface area contributed by atoms with Crippen LogP contribution in [0.5, 0.6) is 0 Å². The van der Waals surface area contributed by atoms with Crippen molar-refractivity contribution in [2.75, 3.05) is 5.73 Å². The van der Waals surface area contributed by atoms with Crippen molar-refractivity contribution in [2.24, 2.45) is 5.92 Å². The zero-order chi connectivity index (χ0) is 14.9. The van der Waals surface area contributed by atoms with Gasteiger partial charge in [0.15, 0.2) is 0 Å². The Morgan fingerprint density at radius 2 is 1.86 bits per heavy atom. The second-order valence-electron chi connectivity index (χ2n) is 6.51. The smallest absolute Gasteiger partial charge is 0.141 e. The number of rotatable bonds is 4. The number of hydrogen-bond donors (Lipinski definition) is 1. The summed E-state index contributed by atoms with van der Waals surface area (Å²) in [6, 6.07) is 12.5. The molecule has 3 nitrogen and oxygen atoms in total. The average molecular weight is 281 g/mol. The normalized spacial score (nSPS) is 16.7. The van der Waals surface area contributed by atoms with E-state index in [1.54, 1.807) is 0 Å². The van der Waals surface area contributed by atoms with E-state index in [0.29, 0.717) is 11.7 Å². The maximum atomic E-state index is 6.04. The molecule has 1 aliphatic carbocycles. The van der Waals surface area contributed by atoms with Crippen molar-refractivity contribution >= 4 is 5.82 Å². The number of nitrogen functional groups attached to an aromatic ring is 1. The predicted octanol–water partition coefficient (Wildman–Crippen LogP) is 3.73. The molecule has 1 aromatic heterocycles. The van der Waals surface area contributed by atoms with Crippen LogP contribution in [0, 0.1) is 5.92 Å². The molecule has 1 aliphatic rings. The Hall–Kier alpha value is -1.90. The van der Waals surface area contributed by atoms with Gasteiger partial charge in [0.1, 0.15) is 11.6 Å². The molecule has 0 amide bonds. The molecule has 1 saturated carbocycles. The van der Waals surface area contributed by atoms with Gasteiger partial charge in [-0.3, -0.25) is 0 Å². The molecule has 0 atom stereocenters. The highest BCUT2D eigenvalue weighted by molar-refractivity contribution is 5.39. The van der Waals surface area contributed by atoms with Gasteiger partial charge in [0.05, 0.1) is 5.41 Å². The minimum atomic E-state index is -0.0254. The van der Waals surface area contributed by atoms with Crippen LogP contribution in [-0.2, 0) is 11.8 Å². The van der Waals surface area contributed by atoms with Gasteiger partial charge in [0, 0.05) is 11.8 Å². The second-order valence-corrected chi connectivity index (χ2v) is 6.51. The Bertz CT molecular complexity index is 616. The summed E-state index contributed by atoms with van der Waals surface area (Å²) in [5, 5.41) is 0. The van der Waals surface area contributed by atoms with Crippen LogP contribution < -0.4 is 5.73 Å². The van der Waals surface area contributed by atoms with Crippen molar-refractivity contribution < 1.29 is 0 Å². The number of hydrogen-bond acceptors (Lipinski definition) is 3. The Balaban J connectivity index is 2.03. The molecule has 0 saturated heterocycles. The van der Waals surface area contributed by atoms with Crippen LogP contribution in [0.4, 0.5) is 5.82 Å². The van der Waals surface area contributed by atoms with Crippen LogP contribution in [0.2, 0.25) is 0 Å². The van der Waals surface area contributed by atoms with E-state index in [4.69, 9.17) is 10.7 Å². The number of benzene rings is 1. The molecule has 21 heavy (non-hydrogen) atoms. The lowest BCUT2D eigenvalue weighted by atomic mass is 9.64. The van der Waals surface area contributed by atoms with Gasteiger partial charge in [-0.25, -0.2) is 9.97 Å². The molecule has 2 N–H and O–H groups in total. The van der Waals surface area contributed by atoms with Gasteiger partial charge in [-0.2, -0.15) is 0 Å². The van der Waals surface area contributed by atoms with E-state index in [9.17, 15) is 0 Å². The average Bonchev–Trinajstić information content (AvgIpc) is 2.37. The van der Waals surface area contributed by atoms with Gasteiger partial charge in [-0.05, 0) is 30.7 Å². The molecule has 3 rings (SSSR count). The maximum Gasteiger partial charge on any atom is 0.141 e. The van der Waals surface area contributed by atoms with Crippen molar-refractivity contribution in [3.8, 4) is 0 Å². The zero-order valence-electron chi connectivity index (χ0n) is 12.8. The number of nitrogens with two attached hydrogens (primary N) is 1. The maximum absolute atomic E-state index is 6.04. The highest BCUT2D eigenvalue weighted by Gasteiger charge is 2.43. The first-order valence-corrected chi connectivity index (χ1v) is 7.79. The Kier molecular flexibility index (Phi) is 3.66. The fraction of sp³-hybridized carbons (Fsp3) is 0.444. The molecule has 0 radical (unpaired) electrons. The molecule has 1 heterocycles. The van der Waals surface area contributed by atoms with Crippen LogP contribution in [0.15, 0.2) is 36.4 Å². The Labute approximate surface area is 126 Å². The molecule has 2 aromatic rings. The summed E-state index contributed by atoms with van der Waals surface area (Å²) < 4.78 is 0. The predicted molar refractivity (Wildman–Crippen MR) is 86.1 cm³/mol. The quantitative estimate of drug-likeness (QED) is 0.929. The van der Waals surface area contributed by atoms with Gasteiger partial charge < -0.3 is 5.73 Å². The topological polar surface area (TPSA) is 51.8 Å². The molecule has 1 aromatic carbocycles. The molecule has 0 aliphatic heterocycles. The van der Waals surface area contributed by atoms with Gasteiger partial charge in [0.2, 0.25) is 0 Å². The van der Waals surface area contributed by atoms with Gasteiger partial charge in [-0.1, -0.05) is 50.6 Å². The van der Waals surface area contributed by atoms with Crippen molar-refractivity contribution in [1.82, 2.24) is 9.97 Å². The van der Waals surface area contributed by atoms with E-state index in [2.05, 4.69) is 49.2 Å². The number of nitrogens with zero attached hydrogens (tertiary/aromatic N) is 2. The third-order valence-electron chi connectivity index (χ3n) is 4.38. The third kappa shape index (κ3) is 2.65. The van der Waals surface area contributed by atoms with Crippen molar-refractivity contribution in [3.05, 3.63) is 53.5 Å². The standard InChI is InChI=1S/C18H23N3/c1-13(2)11-15-12-16(19)21-17(20-15)18(9-6-10-18)14-7-4-3-5-8-14/h3-5,7-8,12-13H,6,9-11H2,1-2H3,(H2,19,20,21). The lowest BCUT2D eigenvalue weighted by Gasteiger charge is -2.41. The van der Waals surface area contributed by atoms with Crippen LogP contribution >= 0.6 is 0 Å². The van der Waals surface area contributed by atoms with Crippen molar-refractivity contribution in [2.45, 2.75) is 44.9 Å². The minimum Gasteiger partial charge on any atom is -0.384 e. The number of aromatic nitrogens is 2. The summed E-state index contributed by atoms with van der Waals surface area (Å²) in [5.41, 5.74) is 8.39. The highest BCUT2D eigenvalue weighted by Crippen LogP contribution is 2.47. The van der Waals surface area contributed by atoms with Crippen LogP contribution in [0.3, 0.4) is 0 Å². The summed E-state index contributed by atoms with van der Waals surface area (Å²) in [5.74, 6) is 2.08. The zero-order valence-corrected chi connectivity index (χ0v) is 12.8. The molecule has 0 spiro atoms. The first kappa shape index (κ1) is 14.1. The lowest BCUT2D eigenvalue weighted by molar-refractivity contribution is 0.284. The fourth-order valence-electron chi connectivity index (χ4n) is 3.18. The van der Waals surface area contributed by atoms with Gasteiger partial charge in [0.25, 0.3) is 0 Å². The van der Waals surface area contributed by atoms with Crippen molar-refractivity contribution in [3.63, 3.8) is 0 Å². The summed E-state index contributed by atoms with van der Waals surface area (Å²) in [6.45, 7) is 4.41. The van der Waals surface area contributed by atoms with Crippen LogP contribution in [0.25, 0.3) is 0 Å². The van der Waals surface area contributed by atoms with E-state index in [1.165, 1.54) is 12.0 Å². The first-order chi connectivity index (χ1) is 10.1. The monoisotopic (exact) mass is 281 g/mol. The largest absolute Gasteiger partial charge is 0.384 e. The van der Waals surface area contributed by atoms with E-state index in [0.717, 1.165) is 30.8 Å². The molecule has 110 valence electrons. The summed E-state index contributed by atoms with van der Waals surface area (Å²) in [4.78, 5) is 9.43. The van der Waals surface area contributed by atoms with Gasteiger partial charge in [-0.15, -0.1) is 0 Å².